The molecule has 2 aromatic carbocycles. The monoisotopic (exact) mass is 507 g/mol. The van der Waals surface area contributed by atoms with Gasteiger partial charge in [0, 0.05) is 0 Å². The molecule has 0 aliphatic carbocycles. The molecule has 2 unspecified atom stereocenters. The molecule has 0 bridgehead atoms. The van der Waals surface area contributed by atoms with E-state index in [1.807, 2.05) is 0 Å². The first-order chi connectivity index (χ1) is 17.3. The molecule has 6 N–H and O–H groups in total. The van der Waals surface area contributed by atoms with Crippen LogP contribution in [0.15, 0.2) is 24.3 Å². The molecule has 12 heteroatoms. The molecule has 0 aromatic heterocycles. The highest BCUT2D eigenvalue weighted by Gasteiger charge is 2.26. The van der Waals surface area contributed by atoms with Crippen LogP contribution >= 0.6 is 0 Å². The number of hydrogen-bond acceptors (Lipinski definition) is 7. The van der Waals surface area contributed by atoms with Crippen LogP contribution in [0.1, 0.15) is 36.5 Å². The first kappa shape index (κ1) is 29.8. The SMILES string of the molecule is Bc1cc(CCCC(NC(=O)[C@@H](N)Cc2ccc(O)c(O)c2)C(=O)NC(C)C(=O)OC)c(B)c(B)c1C. The van der Waals surface area contributed by atoms with Crippen molar-refractivity contribution in [1.82, 2.24) is 10.6 Å². The second-order valence-electron chi connectivity index (χ2n) is 9.57. The highest BCUT2D eigenvalue weighted by atomic mass is 16.5. The number of ether oxygens (including phenoxy) is 1. The lowest BCUT2D eigenvalue weighted by atomic mass is 9.70. The number of hydrogen-bond donors (Lipinski definition) is 5. The van der Waals surface area contributed by atoms with Gasteiger partial charge < -0.3 is 31.3 Å². The van der Waals surface area contributed by atoms with Crippen molar-refractivity contribution in [3.05, 3.63) is 41.0 Å². The molecular weight excluding hydrogens is 471 g/mol. The van der Waals surface area contributed by atoms with Crippen molar-refractivity contribution in [1.29, 1.82) is 0 Å². The Bertz CT molecular complexity index is 1160. The van der Waals surface area contributed by atoms with Crippen LogP contribution in [0.5, 0.6) is 11.5 Å². The summed E-state index contributed by atoms with van der Waals surface area (Å²) in [7, 11) is 7.49. The van der Waals surface area contributed by atoms with E-state index in [4.69, 9.17) is 5.73 Å². The summed E-state index contributed by atoms with van der Waals surface area (Å²) in [4.78, 5) is 37.7. The topological polar surface area (TPSA) is 151 Å². The molecule has 9 nitrogen and oxygen atoms in total. The Morgan fingerprint density at radius 2 is 1.70 bits per heavy atom. The van der Waals surface area contributed by atoms with Crippen molar-refractivity contribution >= 4 is 57.7 Å². The van der Waals surface area contributed by atoms with E-state index in [0.29, 0.717) is 18.4 Å². The number of amides is 2. The largest absolute Gasteiger partial charge is 0.504 e. The molecule has 0 saturated carbocycles. The number of phenolic OH excluding ortho intramolecular Hbond substituents is 2. The average molecular weight is 507 g/mol. The van der Waals surface area contributed by atoms with E-state index in [2.05, 4.69) is 51.9 Å². The van der Waals surface area contributed by atoms with E-state index in [9.17, 15) is 24.6 Å². The van der Waals surface area contributed by atoms with Crippen molar-refractivity contribution in [3.63, 3.8) is 0 Å². The number of methoxy groups -OCH3 is 1. The Hall–Kier alpha value is -3.40. The summed E-state index contributed by atoms with van der Waals surface area (Å²) in [6.07, 6.45) is 1.77. The van der Waals surface area contributed by atoms with E-state index in [1.54, 1.807) is 6.07 Å². The van der Waals surface area contributed by atoms with Crippen LogP contribution in [0.4, 0.5) is 0 Å². The molecule has 0 radical (unpaired) electrons. The van der Waals surface area contributed by atoms with Gasteiger partial charge in [-0.2, -0.15) is 0 Å². The second kappa shape index (κ2) is 13.2. The maximum absolute atomic E-state index is 13.0. The van der Waals surface area contributed by atoms with Gasteiger partial charge in [-0.1, -0.05) is 39.6 Å². The van der Waals surface area contributed by atoms with Gasteiger partial charge in [0.05, 0.1) is 13.2 Å². The molecular formula is C25H36B3N3O6. The third-order valence-corrected chi connectivity index (χ3v) is 6.91. The number of benzene rings is 2. The summed E-state index contributed by atoms with van der Waals surface area (Å²) in [6.45, 7) is 3.61. The van der Waals surface area contributed by atoms with Crippen LogP contribution in [0.3, 0.4) is 0 Å². The number of aromatic hydroxyl groups is 2. The summed E-state index contributed by atoms with van der Waals surface area (Å²) in [5, 5.41) is 24.5. The number of nitrogens with two attached hydrogens (primary N) is 1. The van der Waals surface area contributed by atoms with E-state index in [-0.39, 0.29) is 17.9 Å². The van der Waals surface area contributed by atoms with Crippen LogP contribution < -0.4 is 32.8 Å². The standard InChI is InChI=1S/C25H36B3N3O6/c1-12-16(26)11-15(22(28)21(12)27)5-4-6-18(24(35)30-13(2)25(36)37-3)31-23(34)17(29)9-14-7-8-19(32)20(33)10-14/h7-8,10-11,13,17-18,32-33H,4-6,9,26-29H2,1-3H3,(H,30,35)(H,31,34)/t13?,17-,18?/m0/s1. The number of carbonyl (C=O) groups excluding carboxylic acids is 3. The minimum Gasteiger partial charge on any atom is -0.504 e. The van der Waals surface area contributed by atoms with Gasteiger partial charge in [-0.15, -0.1) is 0 Å². The Morgan fingerprint density at radius 3 is 2.32 bits per heavy atom. The van der Waals surface area contributed by atoms with Crippen LogP contribution in [0.2, 0.25) is 0 Å². The van der Waals surface area contributed by atoms with Crippen LogP contribution in [-0.2, 0) is 32.0 Å². The van der Waals surface area contributed by atoms with Gasteiger partial charge in [0.1, 0.15) is 35.6 Å². The van der Waals surface area contributed by atoms with Gasteiger partial charge in [0.15, 0.2) is 11.5 Å². The number of carbonyl (C=O) groups is 3. The number of aryl methyl sites for hydroxylation is 1. The van der Waals surface area contributed by atoms with Gasteiger partial charge in [0.25, 0.3) is 0 Å². The molecule has 0 aliphatic rings. The summed E-state index contributed by atoms with van der Waals surface area (Å²) >= 11 is 0. The third-order valence-electron chi connectivity index (χ3n) is 6.91. The summed E-state index contributed by atoms with van der Waals surface area (Å²) in [5.41, 5.74) is 12.8. The van der Waals surface area contributed by atoms with Crippen LogP contribution in [0, 0.1) is 6.92 Å². The molecule has 37 heavy (non-hydrogen) atoms. The van der Waals surface area contributed by atoms with Crippen LogP contribution in [-0.4, -0.2) is 76.8 Å². The lowest BCUT2D eigenvalue weighted by molar-refractivity contribution is -0.144. The molecule has 0 saturated heterocycles. The predicted molar refractivity (Wildman–Crippen MR) is 152 cm³/mol. The average Bonchev–Trinajstić information content (AvgIpc) is 2.86. The molecule has 196 valence electrons. The fraction of sp³-hybridized carbons (Fsp3) is 0.400. The fourth-order valence-electron chi connectivity index (χ4n) is 4.19. The van der Waals surface area contributed by atoms with E-state index in [0.717, 1.165) is 6.42 Å². The molecule has 3 atom stereocenters. The molecule has 2 amide bonds. The first-order valence-corrected chi connectivity index (χ1v) is 12.4. The lowest BCUT2D eigenvalue weighted by Crippen LogP contribution is -2.54. The third kappa shape index (κ3) is 8.05. The maximum atomic E-state index is 13.0. The highest BCUT2D eigenvalue weighted by Crippen LogP contribution is 2.25. The molecule has 0 aliphatic heterocycles. The fourth-order valence-corrected chi connectivity index (χ4v) is 4.19. The molecule has 0 heterocycles. The van der Waals surface area contributed by atoms with Gasteiger partial charge in [-0.25, -0.2) is 4.79 Å². The minimum atomic E-state index is -0.998. The predicted octanol–water partition coefficient (Wildman–Crippen LogP) is -3.76. The number of phenols is 2. The van der Waals surface area contributed by atoms with Crippen molar-refractivity contribution in [2.75, 3.05) is 7.11 Å². The Balaban J connectivity index is 2.13. The number of nitrogens with one attached hydrogen (secondary N) is 2. The zero-order valence-electron chi connectivity index (χ0n) is 22.5. The lowest BCUT2D eigenvalue weighted by Gasteiger charge is -2.23. The smallest absolute Gasteiger partial charge is 0.328 e. The second-order valence-corrected chi connectivity index (χ2v) is 9.57. The Morgan fingerprint density at radius 1 is 1.03 bits per heavy atom. The Labute approximate surface area is 220 Å². The Kier molecular flexibility index (Phi) is 10.7. The van der Waals surface area contributed by atoms with Crippen molar-refractivity contribution in [3.8, 4) is 11.5 Å². The molecule has 2 rings (SSSR count). The zero-order chi connectivity index (χ0) is 27.9. The van der Waals surface area contributed by atoms with E-state index in [1.165, 1.54) is 53.7 Å². The summed E-state index contributed by atoms with van der Waals surface area (Å²) in [5.74, 6) is -2.22. The van der Waals surface area contributed by atoms with Gasteiger partial charge in [-0.05, 0) is 57.2 Å². The molecule has 0 spiro atoms. The minimum absolute atomic E-state index is 0.0910. The quantitative estimate of drug-likeness (QED) is 0.119. The molecule has 0 fully saturated rings. The van der Waals surface area contributed by atoms with E-state index < -0.39 is 35.9 Å². The van der Waals surface area contributed by atoms with Crippen molar-refractivity contribution in [2.24, 2.45) is 5.73 Å². The van der Waals surface area contributed by atoms with Gasteiger partial charge in [0.2, 0.25) is 11.8 Å². The maximum Gasteiger partial charge on any atom is 0.328 e. The first-order valence-electron chi connectivity index (χ1n) is 12.4. The summed E-state index contributed by atoms with van der Waals surface area (Å²) in [6, 6.07) is 3.57. The van der Waals surface area contributed by atoms with Gasteiger partial charge >= 0.3 is 5.97 Å². The highest BCUT2D eigenvalue weighted by molar-refractivity contribution is 6.51. The summed E-state index contributed by atoms with van der Waals surface area (Å²) < 4.78 is 4.68. The number of rotatable bonds is 11. The molecule has 2 aromatic rings. The zero-order valence-corrected chi connectivity index (χ0v) is 22.5. The van der Waals surface area contributed by atoms with Crippen molar-refractivity contribution in [2.45, 2.75) is 57.7 Å². The number of esters is 1. The van der Waals surface area contributed by atoms with Gasteiger partial charge in [-0.3, -0.25) is 9.59 Å². The van der Waals surface area contributed by atoms with E-state index >= 15 is 0 Å². The normalized spacial score (nSPS) is 13.3. The van der Waals surface area contributed by atoms with Crippen molar-refractivity contribution < 1.29 is 29.3 Å². The van der Waals surface area contributed by atoms with Crippen LogP contribution in [0.25, 0.3) is 0 Å².